The van der Waals surface area contributed by atoms with E-state index in [9.17, 15) is 4.79 Å². The van der Waals surface area contributed by atoms with E-state index in [0.29, 0.717) is 10.1 Å². The first kappa shape index (κ1) is 20.2. The fourth-order valence-electron chi connectivity index (χ4n) is 2.75. The fourth-order valence-corrected chi connectivity index (χ4v) is 3.59. The highest BCUT2D eigenvalue weighted by molar-refractivity contribution is 8.18. The van der Waals surface area contributed by atoms with Crippen LogP contribution in [-0.2, 0) is 4.79 Å². The lowest BCUT2D eigenvalue weighted by Gasteiger charge is -2.06. The topological polar surface area (TPSA) is 50.7 Å². The molecule has 1 N–H and O–H groups in total. The van der Waals surface area contributed by atoms with E-state index in [-0.39, 0.29) is 5.91 Å². The monoisotopic (exact) mass is 394 g/mol. The smallest absolute Gasteiger partial charge is 0.264 e. The molecule has 1 aliphatic rings. The van der Waals surface area contributed by atoms with E-state index in [1.165, 1.54) is 36.6 Å². The van der Waals surface area contributed by atoms with Crippen molar-refractivity contribution < 1.29 is 9.53 Å². The van der Waals surface area contributed by atoms with Gasteiger partial charge in [0.15, 0.2) is 5.17 Å². The van der Waals surface area contributed by atoms with Crippen LogP contribution in [0.15, 0.2) is 58.4 Å². The van der Waals surface area contributed by atoms with Crippen molar-refractivity contribution in [3.8, 4) is 5.75 Å². The number of nitrogens with one attached hydrogen (secondary N) is 1. The van der Waals surface area contributed by atoms with Gasteiger partial charge in [-0.1, -0.05) is 56.0 Å². The zero-order valence-electron chi connectivity index (χ0n) is 16.4. The van der Waals surface area contributed by atoms with Gasteiger partial charge in [0, 0.05) is 0 Å². The molecule has 0 aromatic heterocycles. The first-order valence-corrected chi connectivity index (χ1v) is 10.5. The molecule has 3 rings (SSSR count). The van der Waals surface area contributed by atoms with E-state index in [1.807, 2.05) is 61.5 Å². The molecular formula is C23H26N2O2S. The van der Waals surface area contributed by atoms with Crippen molar-refractivity contribution in [2.45, 2.75) is 39.5 Å². The van der Waals surface area contributed by atoms with Crippen LogP contribution in [0.5, 0.6) is 5.75 Å². The van der Waals surface area contributed by atoms with Gasteiger partial charge in [-0.25, -0.2) is 4.99 Å². The Bertz CT molecular complexity index is 855. The standard InChI is InChI=1S/C23H26N2O2S/c1-3-4-5-6-15-27-20-13-9-18(10-14-20)16-21-22(26)25-23(28-21)24-19-11-7-17(2)8-12-19/h7-14,16H,3-6,15H2,1-2H3,(H,24,25,26)/b21-16+. The van der Waals surface area contributed by atoms with Gasteiger partial charge < -0.3 is 10.1 Å². The van der Waals surface area contributed by atoms with E-state index in [4.69, 9.17) is 4.74 Å². The summed E-state index contributed by atoms with van der Waals surface area (Å²) in [6.45, 7) is 4.98. The van der Waals surface area contributed by atoms with Crippen molar-refractivity contribution in [3.63, 3.8) is 0 Å². The number of aryl methyl sites for hydroxylation is 1. The average molecular weight is 395 g/mol. The third-order valence-corrected chi connectivity index (χ3v) is 5.27. The molecule has 0 atom stereocenters. The van der Waals surface area contributed by atoms with Gasteiger partial charge in [0.1, 0.15) is 5.75 Å². The lowest BCUT2D eigenvalue weighted by atomic mass is 10.2. The summed E-state index contributed by atoms with van der Waals surface area (Å²) in [6, 6.07) is 15.7. The van der Waals surface area contributed by atoms with Gasteiger partial charge in [0.25, 0.3) is 5.91 Å². The van der Waals surface area contributed by atoms with Crippen molar-refractivity contribution in [1.82, 2.24) is 5.32 Å². The summed E-state index contributed by atoms with van der Waals surface area (Å²) in [5, 5.41) is 3.43. The first-order chi connectivity index (χ1) is 13.6. The number of hydrogen-bond donors (Lipinski definition) is 1. The molecule has 2 aromatic rings. The molecule has 1 fully saturated rings. The SMILES string of the molecule is CCCCCCOc1ccc(/C=C2/SC(=Nc3ccc(C)cc3)NC2=O)cc1. The van der Waals surface area contributed by atoms with Crippen LogP contribution in [0.2, 0.25) is 0 Å². The molecule has 4 nitrogen and oxygen atoms in total. The molecule has 28 heavy (non-hydrogen) atoms. The average Bonchev–Trinajstić information content (AvgIpc) is 3.03. The Morgan fingerprint density at radius 1 is 1.04 bits per heavy atom. The van der Waals surface area contributed by atoms with Gasteiger partial charge >= 0.3 is 0 Å². The predicted molar refractivity (Wildman–Crippen MR) is 118 cm³/mol. The Kier molecular flexibility index (Phi) is 7.31. The number of unbranched alkanes of at least 4 members (excludes halogenated alkanes) is 3. The van der Waals surface area contributed by atoms with Gasteiger partial charge in [0.05, 0.1) is 17.2 Å². The second-order valence-electron chi connectivity index (χ2n) is 6.80. The number of rotatable bonds is 8. The minimum Gasteiger partial charge on any atom is -0.494 e. The summed E-state index contributed by atoms with van der Waals surface area (Å²) in [7, 11) is 0. The number of ether oxygens (including phenoxy) is 1. The quantitative estimate of drug-likeness (QED) is 0.452. The van der Waals surface area contributed by atoms with E-state index in [2.05, 4.69) is 17.2 Å². The molecule has 1 aliphatic heterocycles. The van der Waals surface area contributed by atoms with E-state index in [0.717, 1.165) is 30.0 Å². The predicted octanol–water partition coefficient (Wildman–Crippen LogP) is 5.85. The molecule has 5 heteroatoms. The van der Waals surface area contributed by atoms with Crippen molar-refractivity contribution in [2.75, 3.05) is 6.61 Å². The van der Waals surface area contributed by atoms with Gasteiger partial charge in [-0.2, -0.15) is 0 Å². The molecule has 0 bridgehead atoms. The number of carbonyl (C=O) groups excluding carboxylic acids is 1. The minimum absolute atomic E-state index is 0.118. The van der Waals surface area contributed by atoms with Crippen molar-refractivity contribution in [2.24, 2.45) is 4.99 Å². The Labute approximate surface area is 171 Å². The summed E-state index contributed by atoms with van der Waals surface area (Å²) in [4.78, 5) is 17.4. The Balaban J connectivity index is 1.58. The van der Waals surface area contributed by atoms with Gasteiger partial charge in [-0.05, 0) is 61.0 Å². The molecule has 0 radical (unpaired) electrons. The molecule has 0 aliphatic carbocycles. The molecule has 0 saturated carbocycles. The number of hydrogen-bond acceptors (Lipinski definition) is 4. The van der Waals surface area contributed by atoms with Crippen LogP contribution in [0.3, 0.4) is 0 Å². The first-order valence-electron chi connectivity index (χ1n) is 9.73. The van der Waals surface area contributed by atoms with E-state index in [1.54, 1.807) is 0 Å². The maximum Gasteiger partial charge on any atom is 0.264 e. The molecule has 0 unspecified atom stereocenters. The second kappa shape index (κ2) is 10.1. The van der Waals surface area contributed by atoms with Crippen LogP contribution in [0.4, 0.5) is 5.69 Å². The van der Waals surface area contributed by atoms with Gasteiger partial charge in [-0.3, -0.25) is 4.79 Å². The van der Waals surface area contributed by atoms with Crippen LogP contribution in [0.1, 0.15) is 43.7 Å². The lowest BCUT2D eigenvalue weighted by Crippen LogP contribution is -2.19. The third kappa shape index (κ3) is 5.99. The van der Waals surface area contributed by atoms with Crippen molar-refractivity contribution in [1.29, 1.82) is 0 Å². The molecule has 2 aromatic carbocycles. The summed E-state index contributed by atoms with van der Waals surface area (Å²) in [5.74, 6) is 0.746. The van der Waals surface area contributed by atoms with Crippen molar-refractivity contribution >= 4 is 34.6 Å². The number of carbonyl (C=O) groups is 1. The summed E-state index contributed by atoms with van der Waals surface area (Å²) < 4.78 is 5.77. The van der Waals surface area contributed by atoms with Gasteiger partial charge in [0.2, 0.25) is 0 Å². The van der Waals surface area contributed by atoms with Crippen LogP contribution in [0.25, 0.3) is 6.08 Å². The zero-order valence-corrected chi connectivity index (χ0v) is 17.2. The highest BCUT2D eigenvalue weighted by Crippen LogP contribution is 2.28. The normalized spacial score (nSPS) is 16.6. The number of benzene rings is 2. The molecule has 1 amide bonds. The fraction of sp³-hybridized carbons (Fsp3) is 0.304. The van der Waals surface area contributed by atoms with Crippen LogP contribution in [0, 0.1) is 6.92 Å². The molecular weight excluding hydrogens is 368 g/mol. The highest BCUT2D eigenvalue weighted by Gasteiger charge is 2.23. The summed E-state index contributed by atoms with van der Waals surface area (Å²) in [6.07, 6.45) is 6.65. The Hall–Kier alpha value is -2.53. The largest absolute Gasteiger partial charge is 0.494 e. The molecule has 1 heterocycles. The Morgan fingerprint density at radius 2 is 1.79 bits per heavy atom. The second-order valence-corrected chi connectivity index (χ2v) is 7.83. The number of thioether (sulfide) groups is 1. The van der Waals surface area contributed by atoms with Crippen molar-refractivity contribution in [3.05, 3.63) is 64.6 Å². The molecule has 1 saturated heterocycles. The van der Waals surface area contributed by atoms with Crippen LogP contribution < -0.4 is 10.1 Å². The lowest BCUT2D eigenvalue weighted by molar-refractivity contribution is -0.115. The number of amides is 1. The maximum atomic E-state index is 12.2. The summed E-state index contributed by atoms with van der Waals surface area (Å²) >= 11 is 1.36. The number of aliphatic imine (C=N–C) groups is 1. The highest BCUT2D eigenvalue weighted by atomic mass is 32.2. The number of amidine groups is 1. The minimum atomic E-state index is -0.118. The zero-order chi connectivity index (χ0) is 19.8. The third-order valence-electron chi connectivity index (χ3n) is 4.36. The van der Waals surface area contributed by atoms with Crippen LogP contribution >= 0.6 is 11.8 Å². The molecule has 0 spiro atoms. The van der Waals surface area contributed by atoms with E-state index >= 15 is 0 Å². The van der Waals surface area contributed by atoms with Gasteiger partial charge in [-0.15, -0.1) is 0 Å². The molecule has 146 valence electrons. The number of nitrogens with zero attached hydrogens (tertiary/aromatic N) is 1. The summed E-state index contributed by atoms with van der Waals surface area (Å²) in [5.41, 5.74) is 2.98. The van der Waals surface area contributed by atoms with Crippen LogP contribution in [-0.4, -0.2) is 17.7 Å². The Morgan fingerprint density at radius 3 is 2.50 bits per heavy atom. The maximum absolute atomic E-state index is 12.2. The van der Waals surface area contributed by atoms with E-state index < -0.39 is 0 Å².